The molecule has 0 saturated carbocycles. The standard InChI is InChI=1S/C10H11Cl2GeO.CH4O/c1-14-8-7-10(13(11)12)9-5-3-2-4-6-9;1-2/h2-8,10H,1H3;2H,1H3/b8-7+;. The van der Waals surface area contributed by atoms with E-state index in [0.717, 1.165) is 12.7 Å². The van der Waals surface area contributed by atoms with Crippen molar-refractivity contribution in [2.45, 2.75) is 4.75 Å². The molecule has 1 radical (unpaired) electrons. The Labute approximate surface area is 109 Å². The van der Waals surface area contributed by atoms with E-state index in [9.17, 15) is 0 Å². The van der Waals surface area contributed by atoms with Crippen LogP contribution in [0.5, 0.6) is 0 Å². The zero-order valence-electron chi connectivity index (χ0n) is 9.23. The average Bonchev–Trinajstić information content (AvgIpc) is 2.33. The molecule has 0 aromatic heterocycles. The molecule has 0 amide bonds. The van der Waals surface area contributed by atoms with Crippen LogP contribution in [0.25, 0.3) is 0 Å². The number of rotatable bonds is 4. The molecule has 1 atom stereocenters. The van der Waals surface area contributed by atoms with Gasteiger partial charge in [-0.15, -0.1) is 0 Å². The number of methoxy groups -OCH3 is 1. The first kappa shape index (κ1) is 15.8. The summed E-state index contributed by atoms with van der Waals surface area (Å²) < 4.78 is 5.01. The topological polar surface area (TPSA) is 29.5 Å². The molecule has 0 aliphatic rings. The molecule has 2 nitrogen and oxygen atoms in total. The van der Waals surface area contributed by atoms with E-state index in [0.29, 0.717) is 0 Å². The minimum atomic E-state index is -2.03. The van der Waals surface area contributed by atoms with Crippen molar-refractivity contribution >= 4 is 32.5 Å². The first-order chi connectivity index (χ1) is 7.75. The van der Waals surface area contributed by atoms with Gasteiger partial charge in [0, 0.05) is 7.11 Å². The van der Waals surface area contributed by atoms with E-state index in [1.807, 2.05) is 36.4 Å². The quantitative estimate of drug-likeness (QED) is 0.682. The predicted molar refractivity (Wildman–Crippen MR) is 70.9 cm³/mol. The molecular formula is C11H15Cl2GeO2. The van der Waals surface area contributed by atoms with Crippen LogP contribution in [-0.2, 0) is 4.74 Å². The molecule has 1 unspecified atom stereocenters. The molecule has 1 aromatic carbocycles. The van der Waals surface area contributed by atoms with E-state index in [1.165, 1.54) is 0 Å². The Morgan fingerprint density at radius 1 is 1.25 bits per heavy atom. The molecule has 0 bridgehead atoms. The summed E-state index contributed by atoms with van der Waals surface area (Å²) in [6.07, 6.45) is 3.56. The molecule has 0 aliphatic heterocycles. The SMILES string of the molecule is CO.CO/C=C/[CH](c1ccccc1)[Ge]([Cl])[Cl]. The van der Waals surface area contributed by atoms with Crippen molar-refractivity contribution in [2.75, 3.05) is 14.2 Å². The Kier molecular flexibility index (Phi) is 9.93. The number of benzene rings is 1. The summed E-state index contributed by atoms with van der Waals surface area (Å²) in [5, 5.41) is 7.00. The third-order valence-electron chi connectivity index (χ3n) is 1.80. The maximum absolute atomic E-state index is 7.00. The minimum absolute atomic E-state index is 0.138. The zero-order chi connectivity index (χ0) is 12.4. The van der Waals surface area contributed by atoms with Gasteiger partial charge >= 0.3 is 97.3 Å². The van der Waals surface area contributed by atoms with Gasteiger partial charge in [-0.3, -0.25) is 0 Å². The van der Waals surface area contributed by atoms with Crippen LogP contribution in [-0.4, -0.2) is 31.8 Å². The van der Waals surface area contributed by atoms with Crippen LogP contribution >= 0.6 is 20.0 Å². The fraction of sp³-hybridized carbons (Fsp3) is 0.273. The van der Waals surface area contributed by atoms with Crippen molar-refractivity contribution in [2.24, 2.45) is 0 Å². The van der Waals surface area contributed by atoms with E-state index in [1.54, 1.807) is 13.4 Å². The number of aliphatic hydroxyl groups is 1. The number of allylic oxidation sites excluding steroid dienone is 1. The van der Waals surface area contributed by atoms with Crippen LogP contribution in [0.15, 0.2) is 42.7 Å². The summed E-state index contributed by atoms with van der Waals surface area (Å²) in [4.78, 5) is 0. The van der Waals surface area contributed by atoms with Gasteiger partial charge in [0.2, 0.25) is 0 Å². The van der Waals surface area contributed by atoms with Crippen LogP contribution in [0.2, 0.25) is 0 Å². The van der Waals surface area contributed by atoms with E-state index in [-0.39, 0.29) is 4.75 Å². The molecule has 0 spiro atoms. The van der Waals surface area contributed by atoms with E-state index < -0.39 is 12.5 Å². The van der Waals surface area contributed by atoms with Crippen LogP contribution < -0.4 is 0 Å². The molecule has 1 N–H and O–H groups in total. The molecule has 16 heavy (non-hydrogen) atoms. The van der Waals surface area contributed by atoms with Gasteiger partial charge in [0.25, 0.3) is 0 Å². The van der Waals surface area contributed by atoms with Gasteiger partial charge in [0.05, 0.1) is 0 Å². The third kappa shape index (κ3) is 5.80. The van der Waals surface area contributed by atoms with Gasteiger partial charge in [0.1, 0.15) is 0 Å². The van der Waals surface area contributed by atoms with Crippen LogP contribution in [0, 0.1) is 0 Å². The van der Waals surface area contributed by atoms with Crippen molar-refractivity contribution in [3.63, 3.8) is 0 Å². The van der Waals surface area contributed by atoms with E-state index >= 15 is 0 Å². The van der Waals surface area contributed by atoms with Gasteiger partial charge < -0.3 is 5.11 Å². The van der Waals surface area contributed by atoms with Crippen LogP contribution in [0.4, 0.5) is 0 Å². The number of halogens is 2. The second kappa shape index (κ2) is 10.0. The summed E-state index contributed by atoms with van der Waals surface area (Å²) in [5.41, 5.74) is 1.15. The van der Waals surface area contributed by atoms with Crippen molar-refractivity contribution < 1.29 is 9.84 Å². The van der Waals surface area contributed by atoms with Crippen molar-refractivity contribution in [3.05, 3.63) is 48.2 Å². The normalized spacial score (nSPS) is 12.1. The molecule has 0 fully saturated rings. The molecule has 89 valence electrons. The maximum atomic E-state index is 7.00. The Morgan fingerprint density at radius 2 is 1.81 bits per heavy atom. The molecule has 0 aliphatic carbocycles. The van der Waals surface area contributed by atoms with Crippen molar-refractivity contribution in [1.82, 2.24) is 0 Å². The molecule has 1 aromatic rings. The summed E-state index contributed by atoms with van der Waals surface area (Å²) >= 11 is -2.03. The molecule has 1 rings (SSSR count). The van der Waals surface area contributed by atoms with E-state index in [2.05, 4.69) is 0 Å². The average molecular weight is 323 g/mol. The number of aliphatic hydroxyl groups excluding tert-OH is 1. The predicted octanol–water partition coefficient (Wildman–Crippen LogP) is 3.04. The zero-order valence-corrected chi connectivity index (χ0v) is 12.8. The molecule has 0 heterocycles. The monoisotopic (exact) mass is 323 g/mol. The number of ether oxygens (including phenoxy) is 1. The van der Waals surface area contributed by atoms with Gasteiger partial charge in [-0.25, -0.2) is 0 Å². The Balaban J connectivity index is 0.00000106. The fourth-order valence-corrected chi connectivity index (χ4v) is 4.60. The second-order valence-corrected chi connectivity index (χ2v) is 10.5. The second-order valence-electron chi connectivity index (χ2n) is 2.74. The van der Waals surface area contributed by atoms with Crippen LogP contribution in [0.1, 0.15) is 10.3 Å². The van der Waals surface area contributed by atoms with Gasteiger partial charge in [-0.1, -0.05) is 0 Å². The van der Waals surface area contributed by atoms with Crippen molar-refractivity contribution in [1.29, 1.82) is 0 Å². The summed E-state index contributed by atoms with van der Waals surface area (Å²) in [6, 6.07) is 10.0. The van der Waals surface area contributed by atoms with Gasteiger partial charge in [0.15, 0.2) is 0 Å². The summed E-state index contributed by atoms with van der Waals surface area (Å²) in [6.45, 7) is 0. The Morgan fingerprint density at radius 3 is 2.25 bits per heavy atom. The van der Waals surface area contributed by atoms with Crippen molar-refractivity contribution in [3.8, 4) is 0 Å². The Hall–Kier alpha value is -0.157. The van der Waals surface area contributed by atoms with Crippen LogP contribution in [0.3, 0.4) is 0 Å². The number of hydrogen-bond acceptors (Lipinski definition) is 2. The van der Waals surface area contributed by atoms with Gasteiger partial charge in [-0.2, -0.15) is 0 Å². The molecular weight excluding hydrogens is 308 g/mol. The Bertz CT molecular complexity index is 291. The van der Waals surface area contributed by atoms with E-state index in [4.69, 9.17) is 29.9 Å². The number of hydrogen-bond donors (Lipinski definition) is 1. The third-order valence-corrected chi connectivity index (χ3v) is 6.33. The summed E-state index contributed by atoms with van der Waals surface area (Å²) in [7, 11) is 14.7. The molecule has 0 saturated heterocycles. The first-order valence-electron chi connectivity index (χ1n) is 4.62. The summed E-state index contributed by atoms with van der Waals surface area (Å²) in [5.74, 6) is 0. The first-order valence-corrected chi connectivity index (χ1v) is 11.3. The molecule has 5 heteroatoms. The fourth-order valence-electron chi connectivity index (χ4n) is 1.13. The van der Waals surface area contributed by atoms with Gasteiger partial charge in [-0.05, 0) is 0 Å².